The van der Waals surface area contributed by atoms with Crippen LogP contribution in [0.5, 0.6) is 11.5 Å². The summed E-state index contributed by atoms with van der Waals surface area (Å²) in [6.07, 6.45) is 0. The Morgan fingerprint density at radius 1 is 0.500 bits per heavy atom. The molecule has 0 bridgehead atoms. The first-order valence-corrected chi connectivity index (χ1v) is 14.4. The van der Waals surface area contributed by atoms with Crippen molar-refractivity contribution in [3.05, 3.63) is 108 Å². The quantitative estimate of drug-likeness (QED) is 0.281. The molecule has 4 aromatic carbocycles. The first-order chi connectivity index (χ1) is 16.9. The minimum absolute atomic E-state index is 0.0651. The van der Waals surface area contributed by atoms with E-state index in [4.69, 9.17) is 4.74 Å². The summed E-state index contributed by atoms with van der Waals surface area (Å²) in [7, 11) is -7.29. The largest absolute Gasteiger partial charge is 0.457 e. The van der Waals surface area contributed by atoms with Gasteiger partial charge in [-0.15, -0.1) is 0 Å². The molecule has 0 fully saturated rings. The van der Waals surface area contributed by atoms with Crippen LogP contribution in [0.3, 0.4) is 0 Å². The van der Waals surface area contributed by atoms with Crippen molar-refractivity contribution < 1.29 is 21.6 Å². The molecule has 36 heavy (non-hydrogen) atoms. The van der Waals surface area contributed by atoms with E-state index in [1.165, 1.54) is 24.3 Å². The number of rotatable bonds is 6. The molecule has 0 unspecified atom stereocenters. The molecule has 0 saturated carbocycles. The second kappa shape index (κ2) is 9.56. The molecule has 0 atom stereocenters. The van der Waals surface area contributed by atoms with Gasteiger partial charge < -0.3 is 4.74 Å². The van der Waals surface area contributed by atoms with Gasteiger partial charge in [0.25, 0.3) is 0 Å². The van der Waals surface area contributed by atoms with Crippen molar-refractivity contribution in [3.63, 3.8) is 0 Å². The fourth-order valence-electron chi connectivity index (χ4n) is 3.63. The molecule has 4 aromatic rings. The van der Waals surface area contributed by atoms with Crippen LogP contribution < -0.4 is 4.74 Å². The first-order valence-electron chi connectivity index (χ1n) is 11.4. The third-order valence-electron chi connectivity index (χ3n) is 5.87. The zero-order valence-electron chi connectivity index (χ0n) is 20.6. The normalized spacial score (nSPS) is 12.3. The fraction of sp³-hybridized carbons (Fsp3) is 0.172. The highest BCUT2D eigenvalue weighted by atomic mass is 32.2. The molecule has 0 spiro atoms. The Morgan fingerprint density at radius 2 is 0.806 bits per heavy atom. The summed E-state index contributed by atoms with van der Waals surface area (Å²) in [5.41, 5.74) is 1.97. The maximum Gasteiger partial charge on any atom is 0.206 e. The molecule has 186 valence electrons. The molecule has 0 aliphatic carbocycles. The highest BCUT2D eigenvalue weighted by molar-refractivity contribution is 7.91. The summed E-state index contributed by atoms with van der Waals surface area (Å²) in [5, 5.41) is 0. The van der Waals surface area contributed by atoms with Crippen LogP contribution in [0.1, 0.15) is 31.9 Å². The minimum atomic E-state index is -3.66. The summed E-state index contributed by atoms with van der Waals surface area (Å²) in [4.78, 5) is 0.789. The standard InChI is InChI=1S/C29H28O5S2/c1-21-5-13-25(14-6-21)35(30,31)27-17-9-23(10-18-27)34-24-11-19-28(20-12-24)36(32,33)26-15-7-22(8-16-26)29(2,3)4/h5-20H,1-4H3. The molecule has 5 nitrogen and oxygen atoms in total. The van der Waals surface area contributed by atoms with Crippen LogP contribution in [0, 0.1) is 6.92 Å². The van der Waals surface area contributed by atoms with E-state index >= 15 is 0 Å². The van der Waals surface area contributed by atoms with Crippen LogP contribution in [-0.4, -0.2) is 16.8 Å². The Balaban J connectivity index is 1.49. The zero-order valence-corrected chi connectivity index (χ0v) is 22.2. The van der Waals surface area contributed by atoms with E-state index in [9.17, 15) is 16.8 Å². The number of hydrogen-bond acceptors (Lipinski definition) is 5. The van der Waals surface area contributed by atoms with Crippen LogP contribution in [0.2, 0.25) is 0 Å². The average Bonchev–Trinajstić information content (AvgIpc) is 2.84. The smallest absolute Gasteiger partial charge is 0.206 e. The van der Waals surface area contributed by atoms with Crippen molar-refractivity contribution in [2.24, 2.45) is 0 Å². The molecular formula is C29H28O5S2. The van der Waals surface area contributed by atoms with Crippen LogP contribution >= 0.6 is 0 Å². The van der Waals surface area contributed by atoms with Gasteiger partial charge in [0.2, 0.25) is 19.7 Å². The SMILES string of the molecule is Cc1ccc(S(=O)(=O)c2ccc(Oc3ccc(S(=O)(=O)c4ccc(C(C)(C)C)cc4)cc3)cc2)cc1. The van der Waals surface area contributed by atoms with Gasteiger partial charge in [-0.05, 0) is 90.7 Å². The summed E-state index contributed by atoms with van der Waals surface area (Å²) in [6.45, 7) is 8.12. The topological polar surface area (TPSA) is 77.5 Å². The molecule has 0 radical (unpaired) electrons. The van der Waals surface area contributed by atoms with Crippen molar-refractivity contribution in [1.29, 1.82) is 0 Å². The van der Waals surface area contributed by atoms with Gasteiger partial charge in [0.1, 0.15) is 11.5 Å². The number of ether oxygens (including phenoxy) is 1. The van der Waals surface area contributed by atoms with Gasteiger partial charge in [-0.25, -0.2) is 16.8 Å². The van der Waals surface area contributed by atoms with Gasteiger partial charge in [-0.2, -0.15) is 0 Å². The predicted octanol–water partition coefficient (Wildman–Crippen LogP) is 6.75. The molecule has 0 amide bonds. The van der Waals surface area contributed by atoms with E-state index in [2.05, 4.69) is 20.8 Å². The Labute approximate surface area is 213 Å². The van der Waals surface area contributed by atoms with E-state index in [0.717, 1.165) is 11.1 Å². The molecule has 0 heterocycles. The molecule has 0 aliphatic rings. The van der Waals surface area contributed by atoms with Crippen LogP contribution in [-0.2, 0) is 25.1 Å². The lowest BCUT2D eigenvalue weighted by atomic mass is 9.87. The molecule has 7 heteroatoms. The van der Waals surface area contributed by atoms with Crippen molar-refractivity contribution in [1.82, 2.24) is 0 Å². The molecule has 0 aromatic heterocycles. The fourth-order valence-corrected chi connectivity index (χ4v) is 6.16. The third kappa shape index (κ3) is 5.37. The average molecular weight is 521 g/mol. The molecule has 0 saturated heterocycles. The molecular weight excluding hydrogens is 492 g/mol. The van der Waals surface area contributed by atoms with Crippen LogP contribution in [0.25, 0.3) is 0 Å². The Hall–Kier alpha value is -3.42. The van der Waals surface area contributed by atoms with Crippen LogP contribution in [0.4, 0.5) is 0 Å². The third-order valence-corrected chi connectivity index (χ3v) is 9.44. The number of hydrogen-bond donors (Lipinski definition) is 0. The Kier molecular flexibility index (Phi) is 6.82. The zero-order chi connectivity index (χ0) is 26.1. The monoisotopic (exact) mass is 520 g/mol. The summed E-state index contributed by atoms with van der Waals surface area (Å²) >= 11 is 0. The van der Waals surface area contributed by atoms with Crippen molar-refractivity contribution in [2.75, 3.05) is 0 Å². The van der Waals surface area contributed by atoms with E-state index in [1.807, 2.05) is 19.1 Å². The second-order valence-electron chi connectivity index (χ2n) is 9.64. The maximum absolute atomic E-state index is 13.0. The van der Waals surface area contributed by atoms with Gasteiger partial charge in [-0.1, -0.05) is 50.6 Å². The predicted molar refractivity (Wildman–Crippen MR) is 140 cm³/mol. The second-order valence-corrected chi connectivity index (χ2v) is 13.5. The van der Waals surface area contributed by atoms with Crippen molar-refractivity contribution >= 4 is 19.7 Å². The number of benzene rings is 4. The summed E-state index contributed by atoms with van der Waals surface area (Å²) in [6, 6.07) is 25.9. The van der Waals surface area contributed by atoms with Gasteiger partial charge in [0.15, 0.2) is 0 Å². The van der Waals surface area contributed by atoms with E-state index in [0.29, 0.717) is 11.5 Å². The highest BCUT2D eigenvalue weighted by Crippen LogP contribution is 2.29. The van der Waals surface area contributed by atoms with Crippen molar-refractivity contribution in [2.45, 2.75) is 52.7 Å². The highest BCUT2D eigenvalue weighted by Gasteiger charge is 2.20. The lowest BCUT2D eigenvalue weighted by Gasteiger charge is -2.19. The molecule has 0 aliphatic heterocycles. The van der Waals surface area contributed by atoms with Crippen molar-refractivity contribution in [3.8, 4) is 11.5 Å². The molecule has 0 N–H and O–H groups in total. The van der Waals surface area contributed by atoms with Gasteiger partial charge in [0.05, 0.1) is 19.6 Å². The maximum atomic E-state index is 13.0. The minimum Gasteiger partial charge on any atom is -0.457 e. The first kappa shape index (κ1) is 25.7. The Bertz CT molecular complexity index is 1560. The van der Waals surface area contributed by atoms with Gasteiger partial charge >= 0.3 is 0 Å². The van der Waals surface area contributed by atoms with E-state index < -0.39 is 19.7 Å². The summed E-state index contributed by atoms with van der Waals surface area (Å²) < 4.78 is 57.5. The number of aryl methyl sites for hydroxylation is 1. The number of sulfone groups is 2. The van der Waals surface area contributed by atoms with Crippen LogP contribution in [0.15, 0.2) is 117 Å². The van der Waals surface area contributed by atoms with Gasteiger partial charge in [-0.3, -0.25) is 0 Å². The van der Waals surface area contributed by atoms with E-state index in [1.54, 1.807) is 60.7 Å². The van der Waals surface area contributed by atoms with E-state index in [-0.39, 0.29) is 25.0 Å². The Morgan fingerprint density at radius 3 is 1.14 bits per heavy atom. The molecule has 4 rings (SSSR count). The lowest BCUT2D eigenvalue weighted by molar-refractivity contribution is 0.481. The lowest BCUT2D eigenvalue weighted by Crippen LogP contribution is -2.11. The van der Waals surface area contributed by atoms with Gasteiger partial charge in [0, 0.05) is 0 Å². The summed E-state index contributed by atoms with van der Waals surface area (Å²) in [5.74, 6) is 0.873.